The third-order valence-corrected chi connectivity index (χ3v) is 3.32. The Morgan fingerprint density at radius 1 is 1.27 bits per heavy atom. The largest absolute Gasteiger partial charge is 0.384 e. The molecule has 0 aromatic carbocycles. The molecule has 0 fully saturated rings. The lowest BCUT2D eigenvalue weighted by Crippen LogP contribution is -2.13. The number of nitrogens with two attached hydrogens (primary N) is 1. The van der Waals surface area contributed by atoms with Gasteiger partial charge in [0, 0.05) is 31.5 Å². The molecule has 7 nitrogen and oxygen atoms in total. The fraction of sp³-hybridized carbons (Fsp3) is 0.200. The Morgan fingerprint density at radius 2 is 2.05 bits per heavy atom. The summed E-state index contributed by atoms with van der Waals surface area (Å²) in [4.78, 5) is 8.52. The second-order valence-electron chi connectivity index (χ2n) is 4.79. The van der Waals surface area contributed by atoms with Crippen LogP contribution in [0.25, 0.3) is 16.9 Å². The highest BCUT2D eigenvalue weighted by atomic mass is 16.5. The van der Waals surface area contributed by atoms with Gasteiger partial charge in [-0.15, -0.1) is 0 Å². The summed E-state index contributed by atoms with van der Waals surface area (Å²) in [5.74, 6) is 0.628. The molecule has 0 atom stereocenters. The van der Waals surface area contributed by atoms with Gasteiger partial charge >= 0.3 is 0 Å². The van der Waals surface area contributed by atoms with Crippen LogP contribution in [0.2, 0.25) is 0 Å². The number of nitrogen functional groups attached to an aromatic ring is 1. The van der Waals surface area contributed by atoms with Crippen LogP contribution < -0.4 is 5.73 Å². The molecule has 3 aromatic heterocycles. The van der Waals surface area contributed by atoms with E-state index in [-0.39, 0.29) is 5.84 Å². The number of pyridine rings is 2. The number of nitrogens with one attached hydrogen (secondary N) is 1. The zero-order valence-corrected chi connectivity index (χ0v) is 12.2. The number of aromatic nitrogens is 4. The average Bonchev–Trinajstić information content (AvgIpc) is 2.96. The van der Waals surface area contributed by atoms with Crippen molar-refractivity contribution >= 4 is 11.5 Å². The fourth-order valence-corrected chi connectivity index (χ4v) is 2.26. The van der Waals surface area contributed by atoms with E-state index in [0.29, 0.717) is 30.1 Å². The Morgan fingerprint density at radius 3 is 2.73 bits per heavy atom. The quantitative estimate of drug-likeness (QED) is 0.545. The van der Waals surface area contributed by atoms with Crippen LogP contribution in [0.3, 0.4) is 0 Å². The van der Waals surface area contributed by atoms with Crippen molar-refractivity contribution in [2.75, 3.05) is 13.7 Å². The lowest BCUT2D eigenvalue weighted by Gasteiger charge is -2.06. The summed E-state index contributed by atoms with van der Waals surface area (Å²) in [5.41, 5.74) is 8.63. The van der Waals surface area contributed by atoms with Crippen molar-refractivity contribution in [3.63, 3.8) is 0 Å². The van der Waals surface area contributed by atoms with Gasteiger partial charge in [-0.25, -0.2) is 9.50 Å². The highest BCUT2D eigenvalue weighted by Crippen LogP contribution is 2.21. The van der Waals surface area contributed by atoms with E-state index in [9.17, 15) is 0 Å². The van der Waals surface area contributed by atoms with Crippen LogP contribution in [0.15, 0.2) is 36.7 Å². The number of hydrogen-bond donors (Lipinski definition) is 2. The van der Waals surface area contributed by atoms with E-state index in [1.54, 1.807) is 30.1 Å². The number of methoxy groups -OCH3 is 1. The Balaban J connectivity index is 2.20. The molecule has 0 saturated carbocycles. The predicted molar refractivity (Wildman–Crippen MR) is 82.8 cm³/mol. The van der Waals surface area contributed by atoms with E-state index >= 15 is 0 Å². The van der Waals surface area contributed by atoms with Crippen LogP contribution in [0, 0.1) is 5.41 Å². The van der Waals surface area contributed by atoms with Crippen molar-refractivity contribution in [3.8, 4) is 11.3 Å². The molecule has 7 heteroatoms. The maximum Gasteiger partial charge on any atom is 0.167 e. The first kappa shape index (κ1) is 14.2. The molecule has 0 spiro atoms. The number of ether oxygens (including phenoxy) is 1. The van der Waals surface area contributed by atoms with Crippen LogP contribution in [-0.4, -0.2) is 39.1 Å². The maximum absolute atomic E-state index is 7.70. The van der Waals surface area contributed by atoms with Gasteiger partial charge in [0.15, 0.2) is 11.5 Å². The van der Waals surface area contributed by atoms with Crippen LogP contribution >= 0.6 is 0 Å². The van der Waals surface area contributed by atoms with E-state index in [4.69, 9.17) is 15.9 Å². The molecule has 3 N–H and O–H groups in total. The van der Waals surface area contributed by atoms with Crippen molar-refractivity contribution in [3.05, 3.63) is 48.0 Å². The monoisotopic (exact) mass is 296 g/mol. The zero-order chi connectivity index (χ0) is 15.5. The molecular weight excluding hydrogens is 280 g/mol. The molecule has 0 aliphatic heterocycles. The summed E-state index contributed by atoms with van der Waals surface area (Å²) >= 11 is 0. The molecule has 112 valence electrons. The first-order valence-corrected chi connectivity index (χ1v) is 6.83. The average molecular weight is 296 g/mol. The summed E-state index contributed by atoms with van der Waals surface area (Å²) in [6.07, 6.45) is 4.05. The number of fused-ring (bicyclic) bond motifs is 1. The molecule has 0 bridgehead atoms. The normalized spacial score (nSPS) is 11.0. The van der Waals surface area contributed by atoms with E-state index in [2.05, 4.69) is 15.1 Å². The SMILES string of the molecule is COCCc1nc2c(C(=N)N)ccc(-c3ccncc3)n2n1. The van der Waals surface area contributed by atoms with Gasteiger partial charge in [-0.1, -0.05) is 0 Å². The molecular formula is C15H16N6O. The lowest BCUT2D eigenvalue weighted by molar-refractivity contribution is 0.200. The molecule has 0 unspecified atom stereocenters. The van der Waals surface area contributed by atoms with Crippen molar-refractivity contribution in [2.45, 2.75) is 6.42 Å². The Hall–Kier alpha value is -2.80. The van der Waals surface area contributed by atoms with E-state index in [1.165, 1.54) is 0 Å². The third kappa shape index (κ3) is 2.53. The molecule has 0 saturated heterocycles. The van der Waals surface area contributed by atoms with Crippen molar-refractivity contribution < 1.29 is 4.74 Å². The van der Waals surface area contributed by atoms with Gasteiger partial charge in [-0.2, -0.15) is 5.10 Å². The van der Waals surface area contributed by atoms with Crippen molar-refractivity contribution in [2.24, 2.45) is 5.73 Å². The summed E-state index contributed by atoms with van der Waals surface area (Å²) < 4.78 is 6.79. The maximum atomic E-state index is 7.70. The minimum absolute atomic E-state index is 0.0306. The standard InChI is InChI=1S/C15H16N6O/c1-22-9-6-13-19-15-11(14(16)17)2-3-12(21(15)20-13)10-4-7-18-8-5-10/h2-5,7-8H,6,9H2,1H3,(H3,16,17). The van der Waals surface area contributed by atoms with Gasteiger partial charge in [0.25, 0.3) is 0 Å². The van der Waals surface area contributed by atoms with Crippen molar-refractivity contribution in [1.29, 1.82) is 5.41 Å². The van der Waals surface area contributed by atoms with Gasteiger partial charge in [0.2, 0.25) is 0 Å². The van der Waals surface area contributed by atoms with Crippen LogP contribution in [0.4, 0.5) is 0 Å². The van der Waals surface area contributed by atoms with E-state index < -0.39 is 0 Å². The number of amidine groups is 1. The molecule has 3 aromatic rings. The van der Waals surface area contributed by atoms with Gasteiger partial charge in [-0.05, 0) is 24.3 Å². The molecule has 3 rings (SSSR count). The molecule has 22 heavy (non-hydrogen) atoms. The summed E-state index contributed by atoms with van der Waals surface area (Å²) in [5, 5.41) is 12.2. The summed E-state index contributed by atoms with van der Waals surface area (Å²) in [7, 11) is 1.64. The topological polar surface area (TPSA) is 102 Å². The van der Waals surface area contributed by atoms with Gasteiger partial charge in [0.05, 0.1) is 17.9 Å². The number of rotatable bonds is 5. The zero-order valence-electron chi connectivity index (χ0n) is 12.2. The van der Waals surface area contributed by atoms with E-state index in [0.717, 1.165) is 11.3 Å². The lowest BCUT2D eigenvalue weighted by atomic mass is 10.1. The van der Waals surface area contributed by atoms with Gasteiger partial charge < -0.3 is 10.5 Å². The molecule has 0 aliphatic carbocycles. The highest BCUT2D eigenvalue weighted by molar-refractivity contribution is 6.00. The first-order chi connectivity index (χ1) is 10.7. The number of hydrogen-bond acceptors (Lipinski definition) is 5. The second kappa shape index (κ2) is 5.90. The molecule has 0 aliphatic rings. The molecule has 0 radical (unpaired) electrons. The minimum Gasteiger partial charge on any atom is -0.384 e. The smallest absolute Gasteiger partial charge is 0.167 e. The molecule has 3 heterocycles. The minimum atomic E-state index is -0.0306. The Labute approximate surface area is 127 Å². The summed E-state index contributed by atoms with van der Waals surface area (Å²) in [6, 6.07) is 7.48. The predicted octanol–water partition coefficient (Wildman–Crippen LogP) is 1.26. The van der Waals surface area contributed by atoms with Crippen molar-refractivity contribution in [1.82, 2.24) is 19.6 Å². The second-order valence-corrected chi connectivity index (χ2v) is 4.79. The van der Waals surface area contributed by atoms with Crippen LogP contribution in [0.1, 0.15) is 11.4 Å². The first-order valence-electron chi connectivity index (χ1n) is 6.83. The third-order valence-electron chi connectivity index (χ3n) is 3.32. The molecule has 0 amide bonds. The van der Waals surface area contributed by atoms with Crippen LogP contribution in [-0.2, 0) is 11.2 Å². The van der Waals surface area contributed by atoms with Crippen LogP contribution in [0.5, 0.6) is 0 Å². The van der Waals surface area contributed by atoms with Gasteiger partial charge in [0.1, 0.15) is 5.84 Å². The van der Waals surface area contributed by atoms with Gasteiger partial charge in [-0.3, -0.25) is 10.4 Å². The highest BCUT2D eigenvalue weighted by Gasteiger charge is 2.14. The van der Waals surface area contributed by atoms with E-state index in [1.807, 2.05) is 18.2 Å². The Kier molecular flexibility index (Phi) is 3.80. The summed E-state index contributed by atoms with van der Waals surface area (Å²) in [6.45, 7) is 0.539. The fourth-order valence-electron chi connectivity index (χ4n) is 2.26. The Bertz CT molecular complexity index is 812. The number of nitrogens with zero attached hydrogens (tertiary/aromatic N) is 4.